The quantitative estimate of drug-likeness (QED) is 0.827. The van der Waals surface area contributed by atoms with Crippen molar-refractivity contribution >= 4 is 11.8 Å². The Hall–Kier alpha value is -2.19. The van der Waals surface area contributed by atoms with Gasteiger partial charge in [0.2, 0.25) is 5.95 Å². The summed E-state index contributed by atoms with van der Waals surface area (Å²) < 4.78 is 7.44. The van der Waals surface area contributed by atoms with E-state index in [-0.39, 0.29) is 0 Å². The van der Waals surface area contributed by atoms with Crippen LogP contribution in [0, 0.1) is 0 Å². The van der Waals surface area contributed by atoms with Gasteiger partial charge < -0.3 is 15.8 Å². The number of rotatable bonds is 5. The van der Waals surface area contributed by atoms with Crippen LogP contribution >= 0.6 is 0 Å². The highest BCUT2D eigenvalue weighted by Gasteiger charge is 2.23. The van der Waals surface area contributed by atoms with E-state index in [1.165, 1.54) is 11.1 Å². The van der Waals surface area contributed by atoms with Crippen LogP contribution in [-0.2, 0) is 30.7 Å². The van der Waals surface area contributed by atoms with Crippen LogP contribution in [0.15, 0.2) is 12.4 Å². The molecule has 8 nitrogen and oxygen atoms in total. The first-order valence-electron chi connectivity index (χ1n) is 9.44. The van der Waals surface area contributed by atoms with Crippen molar-refractivity contribution in [1.82, 2.24) is 24.6 Å². The van der Waals surface area contributed by atoms with Gasteiger partial charge >= 0.3 is 0 Å². The molecule has 0 bridgehead atoms. The molecule has 0 spiro atoms. The molecule has 0 aromatic carbocycles. The molecule has 0 unspecified atom stereocenters. The fraction of sp³-hybridized carbons (Fsp3) is 0.611. The van der Waals surface area contributed by atoms with Gasteiger partial charge in [0.1, 0.15) is 5.82 Å². The normalized spacial score (nSPS) is 20.7. The van der Waals surface area contributed by atoms with Gasteiger partial charge in [0.05, 0.1) is 24.5 Å². The lowest BCUT2D eigenvalue weighted by atomic mass is 10.1. The molecule has 1 saturated heterocycles. The van der Waals surface area contributed by atoms with E-state index < -0.39 is 0 Å². The number of hydrogen-bond donors (Lipinski definition) is 2. The summed E-state index contributed by atoms with van der Waals surface area (Å²) in [7, 11) is 0. The van der Waals surface area contributed by atoms with Gasteiger partial charge in [-0.1, -0.05) is 0 Å². The molecule has 1 fully saturated rings. The standard InChI is InChI=1S/C18H27N7O/c1-2-25-11-13(9-20-25)10-24-6-3-15-16(4-7-24)22-18(19)23-17(15)21-14-5-8-26-12-14/h9,11,14H,2-8,10,12H2,1H3,(H3,19,21,22,23)/t14-/m0/s1. The maximum absolute atomic E-state index is 5.97. The minimum absolute atomic E-state index is 0.313. The van der Waals surface area contributed by atoms with Crippen LogP contribution in [0.4, 0.5) is 11.8 Å². The maximum atomic E-state index is 5.97. The Kier molecular flexibility index (Phi) is 5.03. The third-order valence-corrected chi connectivity index (χ3v) is 5.14. The number of aromatic nitrogens is 4. The Labute approximate surface area is 153 Å². The van der Waals surface area contributed by atoms with Crippen molar-refractivity contribution in [3.63, 3.8) is 0 Å². The first-order chi connectivity index (χ1) is 12.7. The number of ether oxygens (including phenoxy) is 1. The number of nitrogen functional groups attached to an aromatic ring is 1. The zero-order valence-corrected chi connectivity index (χ0v) is 15.3. The van der Waals surface area contributed by atoms with Crippen molar-refractivity contribution in [2.75, 3.05) is 37.4 Å². The zero-order valence-electron chi connectivity index (χ0n) is 15.3. The minimum Gasteiger partial charge on any atom is -0.379 e. The fourth-order valence-electron chi connectivity index (χ4n) is 3.70. The molecule has 2 aliphatic heterocycles. The summed E-state index contributed by atoms with van der Waals surface area (Å²) in [4.78, 5) is 11.5. The van der Waals surface area contributed by atoms with E-state index in [0.29, 0.717) is 12.0 Å². The predicted octanol–water partition coefficient (Wildman–Crippen LogP) is 1.08. The van der Waals surface area contributed by atoms with E-state index in [0.717, 1.165) is 70.2 Å². The molecule has 0 radical (unpaired) electrons. The Morgan fingerprint density at radius 1 is 1.31 bits per heavy atom. The molecule has 26 heavy (non-hydrogen) atoms. The topological polar surface area (TPSA) is 94.1 Å². The molecule has 3 N–H and O–H groups in total. The summed E-state index contributed by atoms with van der Waals surface area (Å²) in [6.45, 7) is 7.40. The predicted molar refractivity (Wildman–Crippen MR) is 99.9 cm³/mol. The van der Waals surface area contributed by atoms with Gasteiger partial charge in [-0.3, -0.25) is 9.58 Å². The molecule has 1 atom stereocenters. The molecule has 0 aliphatic carbocycles. The van der Waals surface area contributed by atoms with E-state index >= 15 is 0 Å². The molecule has 2 aromatic rings. The average molecular weight is 357 g/mol. The Morgan fingerprint density at radius 3 is 2.96 bits per heavy atom. The number of nitrogens with two attached hydrogens (primary N) is 1. The van der Waals surface area contributed by atoms with Gasteiger partial charge in [-0.05, 0) is 19.8 Å². The van der Waals surface area contributed by atoms with Crippen LogP contribution in [0.1, 0.15) is 30.2 Å². The van der Waals surface area contributed by atoms with Crippen molar-refractivity contribution in [2.24, 2.45) is 0 Å². The van der Waals surface area contributed by atoms with Crippen LogP contribution in [0.25, 0.3) is 0 Å². The third kappa shape index (κ3) is 3.81. The second-order valence-electron chi connectivity index (χ2n) is 7.04. The van der Waals surface area contributed by atoms with Gasteiger partial charge in [0.15, 0.2) is 0 Å². The average Bonchev–Trinajstić information content (AvgIpc) is 3.25. The Morgan fingerprint density at radius 2 is 2.19 bits per heavy atom. The van der Waals surface area contributed by atoms with E-state index in [4.69, 9.17) is 10.5 Å². The SMILES string of the molecule is CCn1cc(CN2CCc3nc(N)nc(N[C@H]4CCOC4)c3CC2)cn1. The number of aryl methyl sites for hydroxylation is 1. The number of hydrogen-bond acceptors (Lipinski definition) is 7. The fourth-order valence-corrected chi connectivity index (χ4v) is 3.70. The van der Waals surface area contributed by atoms with Crippen molar-refractivity contribution in [1.29, 1.82) is 0 Å². The number of nitrogens with zero attached hydrogens (tertiary/aromatic N) is 5. The van der Waals surface area contributed by atoms with Gasteiger partial charge in [0, 0.05) is 56.5 Å². The smallest absolute Gasteiger partial charge is 0.222 e. The molecule has 2 aromatic heterocycles. The highest BCUT2D eigenvalue weighted by Crippen LogP contribution is 2.24. The lowest BCUT2D eigenvalue weighted by Crippen LogP contribution is -2.26. The van der Waals surface area contributed by atoms with E-state index in [1.54, 1.807) is 0 Å². The first kappa shape index (κ1) is 17.2. The second kappa shape index (κ2) is 7.59. The summed E-state index contributed by atoms with van der Waals surface area (Å²) in [5.41, 5.74) is 9.50. The van der Waals surface area contributed by atoms with Crippen LogP contribution in [0.2, 0.25) is 0 Å². The van der Waals surface area contributed by atoms with Gasteiger partial charge in [0.25, 0.3) is 0 Å². The maximum Gasteiger partial charge on any atom is 0.222 e. The van der Waals surface area contributed by atoms with E-state index in [1.807, 2.05) is 10.9 Å². The zero-order chi connectivity index (χ0) is 17.9. The minimum atomic E-state index is 0.313. The largest absolute Gasteiger partial charge is 0.379 e. The molecule has 4 rings (SSSR count). The van der Waals surface area contributed by atoms with Gasteiger partial charge in [-0.25, -0.2) is 4.98 Å². The molecular weight excluding hydrogens is 330 g/mol. The number of nitrogens with one attached hydrogen (secondary N) is 1. The summed E-state index contributed by atoms with van der Waals surface area (Å²) in [6.07, 6.45) is 6.91. The summed E-state index contributed by atoms with van der Waals surface area (Å²) in [5, 5.41) is 7.90. The molecular formula is C18H27N7O. The van der Waals surface area contributed by atoms with Crippen molar-refractivity contribution in [3.05, 3.63) is 29.2 Å². The molecule has 2 aliphatic rings. The van der Waals surface area contributed by atoms with E-state index in [2.05, 4.69) is 38.4 Å². The first-order valence-corrected chi connectivity index (χ1v) is 9.44. The molecule has 4 heterocycles. The molecule has 8 heteroatoms. The van der Waals surface area contributed by atoms with Crippen LogP contribution in [-0.4, -0.2) is 57.0 Å². The Bertz CT molecular complexity index is 754. The molecule has 0 amide bonds. The third-order valence-electron chi connectivity index (χ3n) is 5.14. The number of fused-ring (bicyclic) bond motifs is 1. The molecule has 140 valence electrons. The lowest BCUT2D eigenvalue weighted by molar-refractivity contribution is 0.195. The van der Waals surface area contributed by atoms with Gasteiger partial charge in [-0.15, -0.1) is 0 Å². The number of anilines is 2. The lowest BCUT2D eigenvalue weighted by Gasteiger charge is -2.18. The monoisotopic (exact) mass is 357 g/mol. The summed E-state index contributed by atoms with van der Waals surface area (Å²) in [5.74, 6) is 1.24. The molecule has 0 saturated carbocycles. The van der Waals surface area contributed by atoms with Crippen molar-refractivity contribution in [3.8, 4) is 0 Å². The van der Waals surface area contributed by atoms with Gasteiger partial charge in [-0.2, -0.15) is 10.1 Å². The van der Waals surface area contributed by atoms with Crippen LogP contribution in [0.5, 0.6) is 0 Å². The highest BCUT2D eigenvalue weighted by molar-refractivity contribution is 5.51. The second-order valence-corrected chi connectivity index (χ2v) is 7.04. The van der Waals surface area contributed by atoms with E-state index in [9.17, 15) is 0 Å². The van der Waals surface area contributed by atoms with Crippen molar-refractivity contribution in [2.45, 2.75) is 45.3 Å². The van der Waals surface area contributed by atoms with Crippen molar-refractivity contribution < 1.29 is 4.74 Å². The summed E-state index contributed by atoms with van der Waals surface area (Å²) in [6, 6.07) is 0.313. The highest BCUT2D eigenvalue weighted by atomic mass is 16.5. The van der Waals surface area contributed by atoms with Crippen LogP contribution < -0.4 is 11.1 Å². The van der Waals surface area contributed by atoms with Crippen LogP contribution in [0.3, 0.4) is 0 Å². The summed E-state index contributed by atoms with van der Waals surface area (Å²) >= 11 is 0. The Balaban J connectivity index is 1.47.